The second kappa shape index (κ2) is 8.72. The molecular formula is C20H18N2O6. The normalized spacial score (nSPS) is 10.8. The van der Waals surface area contributed by atoms with Gasteiger partial charge in [0.15, 0.2) is 12.2 Å². The summed E-state index contributed by atoms with van der Waals surface area (Å²) >= 11 is 0. The summed E-state index contributed by atoms with van der Waals surface area (Å²) in [6.07, 6.45) is 2.53. The number of methoxy groups -OCH3 is 2. The molecular weight excluding hydrogens is 364 g/mol. The first kappa shape index (κ1) is 19.0. The molecule has 0 aliphatic rings. The van der Waals surface area contributed by atoms with Gasteiger partial charge in [-0.2, -0.15) is 0 Å². The van der Waals surface area contributed by atoms with Crippen molar-refractivity contribution in [3.63, 3.8) is 0 Å². The molecule has 3 aromatic rings. The van der Waals surface area contributed by atoms with Crippen LogP contribution in [0.25, 0.3) is 17.2 Å². The predicted octanol–water partition coefficient (Wildman–Crippen LogP) is 3.04. The average molecular weight is 382 g/mol. The van der Waals surface area contributed by atoms with Crippen LogP contribution in [0.15, 0.2) is 53.0 Å². The number of nitrogens with one attached hydrogen (secondary N) is 1. The number of para-hydroxylation sites is 2. The molecule has 0 fully saturated rings. The van der Waals surface area contributed by atoms with Gasteiger partial charge in [0.25, 0.3) is 5.91 Å². The number of hydrogen-bond acceptors (Lipinski definition) is 7. The number of fused-ring (bicyclic) bond motifs is 1. The molecule has 0 saturated carbocycles. The molecule has 0 bridgehead atoms. The summed E-state index contributed by atoms with van der Waals surface area (Å²) in [5.74, 6) is 0.0808. The zero-order chi connectivity index (χ0) is 19.9. The van der Waals surface area contributed by atoms with Gasteiger partial charge in [0.05, 0.1) is 19.9 Å². The highest BCUT2D eigenvalue weighted by Gasteiger charge is 2.11. The van der Waals surface area contributed by atoms with E-state index >= 15 is 0 Å². The predicted molar refractivity (Wildman–Crippen MR) is 102 cm³/mol. The Morgan fingerprint density at radius 1 is 1.14 bits per heavy atom. The maximum absolute atomic E-state index is 12.0. The quantitative estimate of drug-likeness (QED) is 0.495. The van der Waals surface area contributed by atoms with Crippen molar-refractivity contribution >= 4 is 34.7 Å². The molecule has 1 heterocycles. The fourth-order valence-corrected chi connectivity index (χ4v) is 2.37. The van der Waals surface area contributed by atoms with Crippen LogP contribution < -0.4 is 14.8 Å². The van der Waals surface area contributed by atoms with Crippen LogP contribution in [0.3, 0.4) is 0 Å². The van der Waals surface area contributed by atoms with Crippen LogP contribution in [-0.4, -0.2) is 37.7 Å². The first-order chi connectivity index (χ1) is 13.6. The summed E-state index contributed by atoms with van der Waals surface area (Å²) in [6.45, 7) is -0.452. The lowest BCUT2D eigenvalue weighted by Crippen LogP contribution is -2.20. The largest absolute Gasteiger partial charge is 0.497 e. The average Bonchev–Trinajstić information content (AvgIpc) is 3.14. The molecule has 0 atom stereocenters. The van der Waals surface area contributed by atoms with Gasteiger partial charge in [0.1, 0.15) is 17.0 Å². The summed E-state index contributed by atoms with van der Waals surface area (Å²) in [5, 5.41) is 2.61. The number of ether oxygens (including phenoxy) is 3. The van der Waals surface area contributed by atoms with Crippen LogP contribution >= 0.6 is 0 Å². The van der Waals surface area contributed by atoms with Crippen LogP contribution in [0.5, 0.6) is 11.5 Å². The molecule has 0 unspecified atom stereocenters. The van der Waals surface area contributed by atoms with Gasteiger partial charge in [-0.15, -0.1) is 0 Å². The van der Waals surface area contributed by atoms with Gasteiger partial charge in [-0.25, -0.2) is 9.78 Å². The minimum absolute atomic E-state index is 0.269. The van der Waals surface area contributed by atoms with Crippen LogP contribution in [0, 0.1) is 0 Å². The van der Waals surface area contributed by atoms with Crippen molar-refractivity contribution in [2.24, 2.45) is 0 Å². The van der Waals surface area contributed by atoms with Crippen molar-refractivity contribution in [2.75, 3.05) is 26.1 Å². The zero-order valence-electron chi connectivity index (χ0n) is 15.3. The highest BCUT2D eigenvalue weighted by atomic mass is 16.5. The smallest absolute Gasteiger partial charge is 0.331 e. The van der Waals surface area contributed by atoms with Crippen LogP contribution in [0.1, 0.15) is 5.89 Å². The Morgan fingerprint density at radius 2 is 1.96 bits per heavy atom. The maximum atomic E-state index is 12.0. The number of carbonyl (C=O) groups excluding carboxylic acids is 2. The Balaban J connectivity index is 1.53. The Bertz CT molecular complexity index is 991. The number of nitrogens with zero attached hydrogens (tertiary/aromatic N) is 1. The van der Waals surface area contributed by atoms with Gasteiger partial charge >= 0.3 is 5.97 Å². The molecule has 0 aliphatic carbocycles. The highest BCUT2D eigenvalue weighted by Crippen LogP contribution is 2.28. The summed E-state index contributed by atoms with van der Waals surface area (Å²) < 4.78 is 20.7. The minimum Gasteiger partial charge on any atom is -0.497 e. The molecule has 28 heavy (non-hydrogen) atoms. The Labute approximate surface area is 160 Å². The summed E-state index contributed by atoms with van der Waals surface area (Å²) in [6, 6.07) is 12.2. The van der Waals surface area contributed by atoms with E-state index in [-0.39, 0.29) is 5.89 Å². The molecule has 144 valence electrons. The Kier molecular flexibility index (Phi) is 5.91. The lowest BCUT2D eigenvalue weighted by molar-refractivity contribution is -0.142. The van der Waals surface area contributed by atoms with E-state index < -0.39 is 18.5 Å². The minimum atomic E-state index is -0.695. The topological polar surface area (TPSA) is 99.9 Å². The monoisotopic (exact) mass is 382 g/mol. The third-order valence-corrected chi connectivity index (χ3v) is 3.70. The molecule has 0 radical (unpaired) electrons. The van der Waals surface area contributed by atoms with E-state index in [9.17, 15) is 9.59 Å². The van der Waals surface area contributed by atoms with Crippen LogP contribution in [-0.2, 0) is 14.3 Å². The van der Waals surface area contributed by atoms with Crippen molar-refractivity contribution in [1.82, 2.24) is 4.98 Å². The molecule has 1 amide bonds. The van der Waals surface area contributed by atoms with E-state index in [1.807, 2.05) is 12.1 Å². The molecule has 2 aromatic carbocycles. The second-order valence-corrected chi connectivity index (χ2v) is 5.58. The van der Waals surface area contributed by atoms with E-state index in [0.717, 1.165) is 6.08 Å². The van der Waals surface area contributed by atoms with E-state index in [2.05, 4.69) is 10.3 Å². The Morgan fingerprint density at radius 3 is 2.71 bits per heavy atom. The molecule has 1 N–H and O–H groups in total. The summed E-state index contributed by atoms with van der Waals surface area (Å²) in [4.78, 5) is 28.0. The van der Waals surface area contributed by atoms with Crippen LogP contribution in [0.2, 0.25) is 0 Å². The third kappa shape index (κ3) is 4.67. The summed E-state index contributed by atoms with van der Waals surface area (Å²) in [5.41, 5.74) is 1.73. The number of benzene rings is 2. The van der Waals surface area contributed by atoms with Crippen molar-refractivity contribution in [3.8, 4) is 11.5 Å². The molecule has 0 aliphatic heterocycles. The van der Waals surface area contributed by atoms with Gasteiger partial charge in [-0.3, -0.25) is 4.79 Å². The Hall–Kier alpha value is -3.81. The van der Waals surface area contributed by atoms with Gasteiger partial charge in [0, 0.05) is 18.2 Å². The number of oxazole rings is 1. The number of amides is 1. The number of hydrogen-bond donors (Lipinski definition) is 1. The molecule has 1 aromatic heterocycles. The van der Waals surface area contributed by atoms with E-state index in [0.29, 0.717) is 28.3 Å². The van der Waals surface area contributed by atoms with E-state index in [4.69, 9.17) is 18.6 Å². The van der Waals surface area contributed by atoms with Gasteiger partial charge < -0.3 is 23.9 Å². The summed E-state index contributed by atoms with van der Waals surface area (Å²) in [7, 11) is 3.00. The fraction of sp³-hybridized carbons (Fsp3) is 0.150. The lowest BCUT2D eigenvalue weighted by atomic mass is 10.2. The van der Waals surface area contributed by atoms with Crippen molar-refractivity contribution < 1.29 is 28.2 Å². The van der Waals surface area contributed by atoms with Gasteiger partial charge in [-0.1, -0.05) is 12.1 Å². The number of aromatic nitrogens is 1. The molecule has 0 saturated heterocycles. The first-order valence-electron chi connectivity index (χ1n) is 8.31. The SMILES string of the molecule is COc1ccc(NC(=O)COC(=O)/C=C/c2nc3ccccc3o2)c(OC)c1. The van der Waals surface area contributed by atoms with Crippen molar-refractivity contribution in [3.05, 3.63) is 54.4 Å². The van der Waals surface area contributed by atoms with E-state index in [1.54, 1.807) is 30.3 Å². The lowest BCUT2D eigenvalue weighted by Gasteiger charge is -2.11. The van der Waals surface area contributed by atoms with Crippen molar-refractivity contribution in [2.45, 2.75) is 0 Å². The molecule has 8 nitrogen and oxygen atoms in total. The molecule has 0 spiro atoms. The number of rotatable bonds is 7. The number of carbonyl (C=O) groups is 2. The second-order valence-electron chi connectivity index (χ2n) is 5.58. The number of anilines is 1. The van der Waals surface area contributed by atoms with Gasteiger partial charge in [0.2, 0.25) is 5.89 Å². The van der Waals surface area contributed by atoms with E-state index in [1.165, 1.54) is 20.3 Å². The third-order valence-electron chi connectivity index (χ3n) is 3.70. The number of esters is 1. The van der Waals surface area contributed by atoms with Crippen LogP contribution in [0.4, 0.5) is 5.69 Å². The highest BCUT2D eigenvalue weighted by molar-refractivity contribution is 5.95. The fourth-order valence-electron chi connectivity index (χ4n) is 2.37. The zero-order valence-corrected chi connectivity index (χ0v) is 15.3. The van der Waals surface area contributed by atoms with Crippen molar-refractivity contribution in [1.29, 1.82) is 0 Å². The standard InChI is InChI=1S/C20H18N2O6/c1-25-13-7-8-15(17(11-13)26-2)21-18(23)12-27-20(24)10-9-19-22-14-5-3-4-6-16(14)28-19/h3-11H,12H2,1-2H3,(H,21,23)/b10-9+. The maximum Gasteiger partial charge on any atom is 0.331 e. The molecule has 8 heteroatoms. The first-order valence-corrected chi connectivity index (χ1v) is 8.31. The van der Waals surface area contributed by atoms with Gasteiger partial charge in [-0.05, 0) is 24.3 Å². The molecule has 3 rings (SSSR count).